The van der Waals surface area contributed by atoms with Gasteiger partial charge in [-0.1, -0.05) is 19.9 Å². The Kier molecular flexibility index (Phi) is 5.78. The molecule has 0 saturated carbocycles. The summed E-state index contributed by atoms with van der Waals surface area (Å²) in [6.45, 7) is 3.11. The molecule has 1 aromatic carbocycles. The molecule has 0 saturated heterocycles. The van der Waals surface area contributed by atoms with E-state index in [9.17, 15) is 22.7 Å². The van der Waals surface area contributed by atoms with E-state index < -0.39 is 35.9 Å². The molecule has 1 heterocycles. The second kappa shape index (κ2) is 7.19. The summed E-state index contributed by atoms with van der Waals surface area (Å²) in [5, 5.41) is 12.3. The van der Waals surface area contributed by atoms with Gasteiger partial charge in [-0.3, -0.25) is 0 Å². The molecule has 1 N–H and O–H groups in total. The van der Waals surface area contributed by atoms with Crippen molar-refractivity contribution < 1.29 is 27.4 Å². The van der Waals surface area contributed by atoms with Crippen LogP contribution in [0.2, 0.25) is 0 Å². The van der Waals surface area contributed by atoms with Crippen LogP contribution < -0.4 is 4.74 Å². The molecule has 0 bridgehead atoms. The number of hydrogen-bond donors (Lipinski definition) is 1. The Morgan fingerprint density at radius 1 is 1.28 bits per heavy atom. The van der Waals surface area contributed by atoms with Gasteiger partial charge in [0.1, 0.15) is 11.6 Å². The maximum absolute atomic E-state index is 13.7. The number of hydrogen-bond acceptors (Lipinski definition) is 3. The van der Waals surface area contributed by atoms with Gasteiger partial charge in [-0.15, -0.1) is 11.8 Å². The number of halogens is 4. The number of aliphatic hydroxyl groups is 1. The van der Waals surface area contributed by atoms with Gasteiger partial charge in [0.2, 0.25) is 0 Å². The van der Waals surface area contributed by atoms with E-state index in [1.54, 1.807) is 25.3 Å². The first-order valence-corrected chi connectivity index (χ1v) is 8.95. The molecule has 7 heteroatoms. The van der Waals surface area contributed by atoms with Gasteiger partial charge in [-0.05, 0) is 47.8 Å². The normalized spacial score (nSPS) is 20.6. The minimum atomic E-state index is -4.79. The van der Waals surface area contributed by atoms with Gasteiger partial charge in [-0.2, -0.15) is 13.2 Å². The zero-order chi connectivity index (χ0) is 18.9. The number of methoxy groups -OCH3 is 1. The number of ether oxygens (including phenoxy) is 1. The number of allylic oxidation sites excluding steroid dienone is 1. The molecule has 140 valence electrons. The van der Waals surface area contributed by atoms with E-state index in [0.29, 0.717) is 17.1 Å². The molecule has 0 spiro atoms. The second-order valence-electron chi connectivity index (χ2n) is 7.06. The van der Waals surface area contributed by atoms with Crippen molar-refractivity contribution in [2.45, 2.75) is 43.9 Å². The Labute approximate surface area is 149 Å². The van der Waals surface area contributed by atoms with Crippen LogP contribution in [0.25, 0.3) is 0 Å². The summed E-state index contributed by atoms with van der Waals surface area (Å²) in [4.78, 5) is 0. The number of alkyl halides is 3. The number of benzene rings is 1. The Morgan fingerprint density at radius 2 is 1.96 bits per heavy atom. The van der Waals surface area contributed by atoms with E-state index in [2.05, 4.69) is 0 Å². The maximum atomic E-state index is 13.7. The lowest BCUT2D eigenvalue weighted by atomic mass is 9.72. The van der Waals surface area contributed by atoms with Gasteiger partial charge < -0.3 is 9.84 Å². The van der Waals surface area contributed by atoms with Gasteiger partial charge in [0.15, 0.2) is 5.60 Å². The predicted octanol–water partition coefficient (Wildman–Crippen LogP) is 5.06. The van der Waals surface area contributed by atoms with E-state index in [-0.39, 0.29) is 5.92 Å². The van der Waals surface area contributed by atoms with E-state index >= 15 is 0 Å². The minimum Gasteiger partial charge on any atom is -0.496 e. The van der Waals surface area contributed by atoms with Crippen LogP contribution in [0.3, 0.4) is 0 Å². The fraction of sp³-hybridized carbons (Fsp3) is 0.556. The van der Waals surface area contributed by atoms with Gasteiger partial charge >= 0.3 is 6.18 Å². The number of thioether (sulfide) groups is 1. The maximum Gasteiger partial charge on any atom is 0.417 e. The zero-order valence-electron chi connectivity index (χ0n) is 14.4. The van der Waals surface area contributed by atoms with Crippen molar-refractivity contribution >= 4 is 11.8 Å². The van der Waals surface area contributed by atoms with Crippen molar-refractivity contribution in [3.63, 3.8) is 0 Å². The Balaban J connectivity index is 2.36. The Hall–Kier alpha value is -1.21. The van der Waals surface area contributed by atoms with Crippen LogP contribution in [0, 0.1) is 11.7 Å². The molecule has 2 atom stereocenters. The predicted molar refractivity (Wildman–Crippen MR) is 91.3 cm³/mol. The lowest BCUT2D eigenvalue weighted by molar-refractivity contribution is -0.271. The third-order valence-corrected chi connectivity index (χ3v) is 5.48. The first-order valence-electron chi connectivity index (χ1n) is 7.90. The van der Waals surface area contributed by atoms with Crippen molar-refractivity contribution in [1.82, 2.24) is 0 Å². The average molecular weight is 378 g/mol. The molecule has 2 rings (SSSR count). The first-order chi connectivity index (χ1) is 11.5. The van der Waals surface area contributed by atoms with Crippen LogP contribution in [0.15, 0.2) is 29.7 Å². The highest BCUT2D eigenvalue weighted by Crippen LogP contribution is 2.47. The molecule has 0 radical (unpaired) electrons. The topological polar surface area (TPSA) is 29.5 Å². The zero-order valence-corrected chi connectivity index (χ0v) is 15.2. The van der Waals surface area contributed by atoms with Crippen molar-refractivity contribution in [2.75, 3.05) is 12.9 Å². The standard InChI is InChI=1S/C18H22F4O2S/c1-16(2,14-8-13(19)4-5-15(14)24-3)11-17(23,18(20,21)22)9-12-6-7-25-10-12/h4-8,12,23H,9-11H2,1-3H3. The molecule has 0 fully saturated rings. The fourth-order valence-electron chi connectivity index (χ4n) is 3.29. The van der Waals surface area contributed by atoms with Crippen LogP contribution in [0.1, 0.15) is 32.3 Å². The van der Waals surface area contributed by atoms with Crippen LogP contribution in [0.4, 0.5) is 17.6 Å². The summed E-state index contributed by atoms with van der Waals surface area (Å²) in [5.41, 5.74) is -3.71. The van der Waals surface area contributed by atoms with Crippen molar-refractivity contribution in [3.05, 3.63) is 41.1 Å². The summed E-state index contributed by atoms with van der Waals surface area (Å²) < 4.78 is 59.9. The van der Waals surface area contributed by atoms with E-state index in [1.807, 2.05) is 0 Å². The fourth-order valence-corrected chi connectivity index (χ4v) is 4.21. The Bertz CT molecular complexity index is 642. The monoisotopic (exact) mass is 378 g/mol. The SMILES string of the molecule is COc1ccc(F)cc1C(C)(C)CC(O)(CC1C=CSC1)C(F)(F)F. The van der Waals surface area contributed by atoms with E-state index in [1.165, 1.54) is 37.1 Å². The summed E-state index contributed by atoms with van der Waals surface area (Å²) >= 11 is 1.43. The molecular weight excluding hydrogens is 356 g/mol. The summed E-state index contributed by atoms with van der Waals surface area (Å²) in [6.07, 6.45) is -4.09. The van der Waals surface area contributed by atoms with Crippen LogP contribution in [-0.4, -0.2) is 29.7 Å². The first kappa shape index (κ1) is 20.1. The van der Waals surface area contributed by atoms with E-state index in [4.69, 9.17) is 4.74 Å². The van der Waals surface area contributed by atoms with Crippen LogP contribution in [0.5, 0.6) is 5.75 Å². The number of rotatable bonds is 6. The molecular formula is C18H22F4O2S. The quantitative estimate of drug-likeness (QED) is 0.702. The lowest BCUT2D eigenvalue weighted by Crippen LogP contribution is -2.50. The molecule has 0 aromatic heterocycles. The molecule has 2 unspecified atom stereocenters. The molecule has 0 aliphatic carbocycles. The molecule has 1 aliphatic rings. The van der Waals surface area contributed by atoms with Gasteiger partial charge in [0, 0.05) is 11.3 Å². The van der Waals surface area contributed by atoms with Crippen molar-refractivity contribution in [3.8, 4) is 5.75 Å². The second-order valence-corrected chi connectivity index (χ2v) is 8.00. The van der Waals surface area contributed by atoms with Crippen molar-refractivity contribution in [1.29, 1.82) is 0 Å². The van der Waals surface area contributed by atoms with Gasteiger partial charge in [-0.25, -0.2) is 4.39 Å². The van der Waals surface area contributed by atoms with Crippen LogP contribution in [-0.2, 0) is 5.41 Å². The molecule has 0 amide bonds. The van der Waals surface area contributed by atoms with E-state index in [0.717, 1.165) is 0 Å². The third-order valence-electron chi connectivity index (χ3n) is 4.51. The van der Waals surface area contributed by atoms with Crippen molar-refractivity contribution in [2.24, 2.45) is 5.92 Å². The largest absolute Gasteiger partial charge is 0.496 e. The summed E-state index contributed by atoms with van der Waals surface area (Å²) in [7, 11) is 1.38. The Morgan fingerprint density at radius 3 is 2.48 bits per heavy atom. The summed E-state index contributed by atoms with van der Waals surface area (Å²) in [6, 6.07) is 3.74. The molecule has 1 aliphatic heterocycles. The average Bonchev–Trinajstić information content (AvgIpc) is 2.98. The molecule has 25 heavy (non-hydrogen) atoms. The van der Waals surface area contributed by atoms with Crippen LogP contribution >= 0.6 is 11.8 Å². The molecule has 2 nitrogen and oxygen atoms in total. The lowest BCUT2D eigenvalue weighted by Gasteiger charge is -2.39. The highest BCUT2D eigenvalue weighted by molar-refractivity contribution is 8.02. The van der Waals surface area contributed by atoms with Gasteiger partial charge in [0.05, 0.1) is 7.11 Å². The smallest absolute Gasteiger partial charge is 0.417 e. The van der Waals surface area contributed by atoms with Gasteiger partial charge in [0.25, 0.3) is 0 Å². The summed E-state index contributed by atoms with van der Waals surface area (Å²) in [5.74, 6) is -0.0918. The minimum absolute atomic E-state index is 0.298. The highest BCUT2D eigenvalue weighted by atomic mass is 32.2. The highest BCUT2D eigenvalue weighted by Gasteiger charge is 2.56. The molecule has 1 aromatic rings. The third kappa shape index (κ3) is 4.50.